The Balaban J connectivity index is 1.92. The number of rotatable bonds is 4. The lowest BCUT2D eigenvalue weighted by molar-refractivity contribution is 0.267. The van der Waals surface area contributed by atoms with Gasteiger partial charge in [-0.05, 0) is 38.4 Å². The summed E-state index contributed by atoms with van der Waals surface area (Å²) >= 11 is 0. The predicted octanol–water partition coefficient (Wildman–Crippen LogP) is 3.54. The maximum atomic E-state index is 12.0. The van der Waals surface area contributed by atoms with Crippen LogP contribution in [-0.2, 0) is 6.54 Å². The van der Waals surface area contributed by atoms with Crippen LogP contribution in [0, 0.1) is 0 Å². The van der Waals surface area contributed by atoms with Gasteiger partial charge in [0.2, 0.25) is 5.43 Å². The fraction of sp³-hybridized carbons (Fsp3) is 0.450. The van der Waals surface area contributed by atoms with E-state index in [-0.39, 0.29) is 17.2 Å². The first kappa shape index (κ1) is 16.8. The molecule has 0 saturated carbocycles. The lowest BCUT2D eigenvalue weighted by atomic mass is 10.1. The topological polar surface area (TPSA) is 45.5 Å². The summed E-state index contributed by atoms with van der Waals surface area (Å²) in [4.78, 5) is 14.4. The molecule has 0 amide bonds. The van der Waals surface area contributed by atoms with Gasteiger partial charge in [0.05, 0.1) is 12.2 Å². The van der Waals surface area contributed by atoms with E-state index in [4.69, 9.17) is 0 Å². The fourth-order valence-corrected chi connectivity index (χ4v) is 3.48. The van der Waals surface area contributed by atoms with Gasteiger partial charge >= 0.3 is 0 Å². The van der Waals surface area contributed by atoms with Crippen molar-refractivity contribution in [2.75, 3.05) is 13.1 Å². The Bertz CT molecular complexity index is 716. The van der Waals surface area contributed by atoms with E-state index in [1.54, 1.807) is 12.3 Å². The van der Waals surface area contributed by atoms with Crippen molar-refractivity contribution in [2.24, 2.45) is 0 Å². The van der Waals surface area contributed by atoms with Crippen molar-refractivity contribution < 1.29 is 5.11 Å². The molecule has 2 aromatic rings. The zero-order valence-corrected chi connectivity index (χ0v) is 14.3. The van der Waals surface area contributed by atoms with E-state index >= 15 is 0 Å². The van der Waals surface area contributed by atoms with Crippen molar-refractivity contribution in [1.82, 2.24) is 9.47 Å². The highest BCUT2D eigenvalue weighted by atomic mass is 16.3. The lowest BCUT2D eigenvalue weighted by Gasteiger charge is -2.26. The van der Waals surface area contributed by atoms with Crippen molar-refractivity contribution in [2.45, 2.75) is 45.2 Å². The largest absolute Gasteiger partial charge is 0.503 e. The predicted molar refractivity (Wildman–Crippen MR) is 96.4 cm³/mol. The van der Waals surface area contributed by atoms with Crippen LogP contribution in [0.5, 0.6) is 5.75 Å². The Morgan fingerprint density at radius 3 is 2.42 bits per heavy atom. The lowest BCUT2D eigenvalue weighted by Crippen LogP contribution is -2.28. The van der Waals surface area contributed by atoms with E-state index in [2.05, 4.69) is 24.0 Å². The van der Waals surface area contributed by atoms with E-state index in [0.29, 0.717) is 0 Å². The average Bonchev–Trinajstić information content (AvgIpc) is 2.87. The van der Waals surface area contributed by atoms with Gasteiger partial charge in [-0.25, -0.2) is 0 Å². The minimum Gasteiger partial charge on any atom is -0.503 e. The number of aromatic nitrogens is 1. The molecule has 1 aromatic carbocycles. The smallest absolute Gasteiger partial charge is 0.223 e. The third kappa shape index (κ3) is 3.88. The van der Waals surface area contributed by atoms with Gasteiger partial charge < -0.3 is 9.67 Å². The van der Waals surface area contributed by atoms with Crippen LogP contribution < -0.4 is 5.43 Å². The van der Waals surface area contributed by atoms with Crippen molar-refractivity contribution in [3.05, 3.63) is 64.1 Å². The molecule has 2 heterocycles. The fourth-order valence-electron chi connectivity index (χ4n) is 3.48. The normalized spacial score (nSPS) is 17.4. The number of likely N-dealkylation sites (tertiary alicyclic amines) is 1. The van der Waals surface area contributed by atoms with Gasteiger partial charge in [-0.3, -0.25) is 9.69 Å². The molecule has 1 unspecified atom stereocenters. The Morgan fingerprint density at radius 2 is 1.75 bits per heavy atom. The molecule has 24 heavy (non-hydrogen) atoms. The molecule has 4 heteroatoms. The summed E-state index contributed by atoms with van der Waals surface area (Å²) < 4.78 is 2.04. The Kier molecular flexibility index (Phi) is 5.36. The molecule has 1 aliphatic heterocycles. The van der Waals surface area contributed by atoms with Gasteiger partial charge in [0, 0.05) is 18.3 Å². The van der Waals surface area contributed by atoms with E-state index in [1.165, 1.54) is 25.7 Å². The molecule has 1 N–H and O–H groups in total. The van der Waals surface area contributed by atoms with Crippen LogP contribution in [0.25, 0.3) is 0 Å². The van der Waals surface area contributed by atoms with Gasteiger partial charge in [-0.2, -0.15) is 0 Å². The summed E-state index contributed by atoms with van der Waals surface area (Å²) in [5.74, 6) is -0.183. The standard InChI is InChI=1S/C20H26N2O2/c1-16(17-9-5-4-6-10-17)22-15-20(24)19(23)13-18(22)14-21-11-7-2-3-8-12-21/h4-6,9-10,13,15-16,24H,2-3,7-8,11-12,14H2,1H3. The zero-order chi connectivity index (χ0) is 16.9. The summed E-state index contributed by atoms with van der Waals surface area (Å²) in [6.45, 7) is 5.02. The number of pyridine rings is 1. The molecule has 1 atom stereocenters. The first-order valence-electron chi connectivity index (χ1n) is 8.86. The molecule has 128 valence electrons. The van der Waals surface area contributed by atoms with E-state index in [1.807, 2.05) is 22.8 Å². The molecular formula is C20H26N2O2. The van der Waals surface area contributed by atoms with Crippen molar-refractivity contribution in [3.63, 3.8) is 0 Å². The van der Waals surface area contributed by atoms with Crippen LogP contribution in [0.15, 0.2) is 47.4 Å². The second-order valence-electron chi connectivity index (χ2n) is 6.70. The quantitative estimate of drug-likeness (QED) is 0.935. The van der Waals surface area contributed by atoms with Crippen LogP contribution in [-0.4, -0.2) is 27.7 Å². The highest BCUT2D eigenvalue weighted by Crippen LogP contribution is 2.22. The molecule has 0 radical (unpaired) electrons. The minimum absolute atomic E-state index is 0.0691. The van der Waals surface area contributed by atoms with Crippen LogP contribution in [0.4, 0.5) is 0 Å². The molecule has 4 nitrogen and oxygen atoms in total. The molecule has 0 aliphatic carbocycles. The molecule has 1 fully saturated rings. The van der Waals surface area contributed by atoms with Crippen LogP contribution in [0.3, 0.4) is 0 Å². The maximum absolute atomic E-state index is 12.0. The number of hydrogen-bond donors (Lipinski definition) is 1. The van der Waals surface area contributed by atoms with Crippen molar-refractivity contribution in [3.8, 4) is 5.75 Å². The number of nitrogens with zero attached hydrogens (tertiary/aromatic N) is 2. The third-order valence-corrected chi connectivity index (χ3v) is 4.93. The Labute approximate surface area is 143 Å². The number of aromatic hydroxyl groups is 1. The highest BCUT2D eigenvalue weighted by Gasteiger charge is 2.16. The van der Waals surface area contributed by atoms with Crippen LogP contribution >= 0.6 is 0 Å². The second kappa shape index (κ2) is 7.67. The van der Waals surface area contributed by atoms with Gasteiger partial charge in [0.25, 0.3) is 0 Å². The first-order valence-corrected chi connectivity index (χ1v) is 8.86. The van der Waals surface area contributed by atoms with Gasteiger partial charge in [-0.1, -0.05) is 43.2 Å². The molecule has 1 aromatic heterocycles. The Hall–Kier alpha value is -2.07. The average molecular weight is 326 g/mol. The first-order chi connectivity index (χ1) is 11.6. The van der Waals surface area contributed by atoms with Gasteiger partial charge in [-0.15, -0.1) is 0 Å². The van der Waals surface area contributed by atoms with Crippen LogP contribution in [0.2, 0.25) is 0 Å². The third-order valence-electron chi connectivity index (χ3n) is 4.93. The molecule has 3 rings (SSSR count). The van der Waals surface area contributed by atoms with E-state index in [0.717, 1.165) is 30.9 Å². The molecule has 0 bridgehead atoms. The van der Waals surface area contributed by atoms with Gasteiger partial charge in [0.15, 0.2) is 5.75 Å². The van der Waals surface area contributed by atoms with Crippen LogP contribution in [0.1, 0.15) is 49.9 Å². The summed E-state index contributed by atoms with van der Waals surface area (Å²) in [6, 6.07) is 11.9. The molecule has 1 aliphatic rings. The molecule has 1 saturated heterocycles. The zero-order valence-electron chi connectivity index (χ0n) is 14.3. The number of hydrogen-bond acceptors (Lipinski definition) is 3. The molecule has 0 spiro atoms. The monoisotopic (exact) mass is 326 g/mol. The molecular weight excluding hydrogens is 300 g/mol. The summed E-state index contributed by atoms with van der Waals surface area (Å²) in [6.07, 6.45) is 6.61. The number of benzene rings is 1. The van der Waals surface area contributed by atoms with E-state index in [9.17, 15) is 9.90 Å². The second-order valence-corrected chi connectivity index (χ2v) is 6.70. The summed E-state index contributed by atoms with van der Waals surface area (Å²) in [5.41, 5.74) is 1.84. The van der Waals surface area contributed by atoms with Gasteiger partial charge in [0.1, 0.15) is 0 Å². The maximum Gasteiger partial charge on any atom is 0.223 e. The van der Waals surface area contributed by atoms with Crippen molar-refractivity contribution in [1.29, 1.82) is 0 Å². The summed E-state index contributed by atoms with van der Waals surface area (Å²) in [7, 11) is 0. The summed E-state index contributed by atoms with van der Waals surface area (Å²) in [5, 5.41) is 9.92. The van der Waals surface area contributed by atoms with Crippen molar-refractivity contribution >= 4 is 0 Å². The minimum atomic E-state index is -0.295. The highest BCUT2D eigenvalue weighted by molar-refractivity contribution is 5.25. The SMILES string of the molecule is CC(c1ccccc1)n1cc(O)c(=O)cc1CN1CCCCCC1. The van der Waals surface area contributed by atoms with E-state index < -0.39 is 0 Å². The Morgan fingerprint density at radius 1 is 1.08 bits per heavy atom.